The summed E-state index contributed by atoms with van der Waals surface area (Å²) in [5.41, 5.74) is 0.291. The Morgan fingerprint density at radius 1 is 1.00 bits per heavy atom. The van der Waals surface area contributed by atoms with E-state index in [1.54, 1.807) is 4.90 Å². The number of hydrogen-bond acceptors (Lipinski definition) is 6. The minimum atomic E-state index is -4.60. The van der Waals surface area contributed by atoms with Crippen LogP contribution in [0.2, 0.25) is 0 Å². The second kappa shape index (κ2) is 12.1. The number of carbonyl (C=O) groups excluding carboxylic acids is 3. The van der Waals surface area contributed by atoms with Gasteiger partial charge in [0.2, 0.25) is 0 Å². The number of urea groups is 1. The quantitative estimate of drug-likeness (QED) is 0.487. The van der Waals surface area contributed by atoms with Gasteiger partial charge in [0.1, 0.15) is 6.54 Å². The van der Waals surface area contributed by atoms with Gasteiger partial charge in [0.05, 0.1) is 30.2 Å². The lowest BCUT2D eigenvalue weighted by atomic mass is 10.1. The molecule has 1 fully saturated rings. The number of morpholine rings is 1. The monoisotopic (exact) mass is 494 g/mol. The molecular formula is C23H25F3N4O5. The minimum Gasteiger partial charge on any atom is -0.454 e. The van der Waals surface area contributed by atoms with Crippen molar-refractivity contribution in [2.45, 2.75) is 12.7 Å². The summed E-state index contributed by atoms with van der Waals surface area (Å²) < 4.78 is 49.6. The zero-order valence-electron chi connectivity index (χ0n) is 18.7. The van der Waals surface area contributed by atoms with Gasteiger partial charge >= 0.3 is 18.2 Å². The third-order valence-electron chi connectivity index (χ3n) is 5.00. The van der Waals surface area contributed by atoms with Crippen LogP contribution in [0.5, 0.6) is 0 Å². The molecule has 0 saturated carbocycles. The first-order valence-corrected chi connectivity index (χ1v) is 10.8. The molecule has 0 atom stereocenters. The highest BCUT2D eigenvalue weighted by Gasteiger charge is 2.32. The summed E-state index contributed by atoms with van der Waals surface area (Å²) in [5, 5.41) is 7.25. The summed E-state index contributed by atoms with van der Waals surface area (Å²) in [6.07, 6.45) is -4.60. The van der Waals surface area contributed by atoms with Crippen LogP contribution in [-0.2, 0) is 31.8 Å². The molecule has 0 bridgehead atoms. The minimum absolute atomic E-state index is 0.0545. The largest absolute Gasteiger partial charge is 0.454 e. The first-order chi connectivity index (χ1) is 16.7. The number of nitrogens with one attached hydrogen (secondary N) is 3. The van der Waals surface area contributed by atoms with Crippen molar-refractivity contribution in [1.82, 2.24) is 10.6 Å². The smallest absolute Gasteiger partial charge is 0.416 e. The number of halogens is 3. The predicted molar refractivity (Wildman–Crippen MR) is 121 cm³/mol. The molecule has 188 valence electrons. The van der Waals surface area contributed by atoms with Crippen LogP contribution in [0.4, 0.5) is 29.3 Å². The molecule has 3 rings (SSSR count). The molecule has 0 spiro atoms. The number of rotatable bonds is 8. The van der Waals surface area contributed by atoms with E-state index >= 15 is 0 Å². The van der Waals surface area contributed by atoms with Crippen LogP contribution in [-0.4, -0.2) is 57.4 Å². The number of nitrogens with zero attached hydrogens (tertiary/aromatic N) is 1. The van der Waals surface area contributed by atoms with E-state index in [0.29, 0.717) is 32.0 Å². The van der Waals surface area contributed by atoms with Crippen molar-refractivity contribution < 1.29 is 37.0 Å². The fraction of sp³-hybridized carbons (Fsp3) is 0.348. The molecule has 0 aliphatic carbocycles. The fourth-order valence-corrected chi connectivity index (χ4v) is 3.27. The van der Waals surface area contributed by atoms with E-state index in [9.17, 15) is 27.6 Å². The summed E-state index contributed by atoms with van der Waals surface area (Å²) in [6.45, 7) is 0.729. The molecule has 3 N–H and O–H groups in total. The van der Waals surface area contributed by atoms with Crippen LogP contribution < -0.4 is 20.9 Å². The molecule has 1 aliphatic rings. The summed E-state index contributed by atoms with van der Waals surface area (Å²) >= 11 is 0. The predicted octanol–water partition coefficient (Wildman–Crippen LogP) is 2.52. The van der Waals surface area contributed by atoms with Gasteiger partial charge in [-0.3, -0.25) is 9.59 Å². The topological polar surface area (TPSA) is 109 Å². The van der Waals surface area contributed by atoms with Gasteiger partial charge in [0.25, 0.3) is 5.91 Å². The third kappa shape index (κ3) is 8.18. The van der Waals surface area contributed by atoms with Gasteiger partial charge in [-0.05, 0) is 23.8 Å². The van der Waals surface area contributed by atoms with E-state index < -0.39 is 42.8 Å². The number of alkyl halides is 3. The Morgan fingerprint density at radius 3 is 2.40 bits per heavy atom. The Morgan fingerprint density at radius 2 is 1.71 bits per heavy atom. The zero-order chi connectivity index (χ0) is 25.3. The molecule has 9 nitrogen and oxygen atoms in total. The second-order valence-corrected chi connectivity index (χ2v) is 7.56. The van der Waals surface area contributed by atoms with E-state index in [2.05, 4.69) is 16.0 Å². The molecule has 3 amide bonds. The third-order valence-corrected chi connectivity index (χ3v) is 5.00. The second-order valence-electron chi connectivity index (χ2n) is 7.56. The van der Waals surface area contributed by atoms with Crippen molar-refractivity contribution in [3.05, 3.63) is 59.7 Å². The van der Waals surface area contributed by atoms with Crippen LogP contribution in [0, 0.1) is 0 Å². The Labute approximate surface area is 199 Å². The van der Waals surface area contributed by atoms with Gasteiger partial charge in [-0.15, -0.1) is 0 Å². The van der Waals surface area contributed by atoms with Crippen LogP contribution >= 0.6 is 0 Å². The average Bonchev–Trinajstić information content (AvgIpc) is 2.85. The first kappa shape index (κ1) is 25.8. The van der Waals surface area contributed by atoms with Crippen molar-refractivity contribution in [3.8, 4) is 0 Å². The Bertz CT molecular complexity index is 1030. The summed E-state index contributed by atoms with van der Waals surface area (Å²) in [4.78, 5) is 37.7. The Kier molecular flexibility index (Phi) is 8.90. The molecule has 2 aromatic rings. The molecule has 1 saturated heterocycles. The van der Waals surface area contributed by atoms with Gasteiger partial charge in [-0.1, -0.05) is 30.3 Å². The lowest BCUT2D eigenvalue weighted by molar-refractivity contribution is -0.146. The van der Waals surface area contributed by atoms with E-state index in [4.69, 9.17) is 9.47 Å². The van der Waals surface area contributed by atoms with Crippen LogP contribution in [0.3, 0.4) is 0 Å². The maximum Gasteiger partial charge on any atom is 0.416 e. The zero-order valence-corrected chi connectivity index (χ0v) is 18.7. The van der Waals surface area contributed by atoms with Crippen molar-refractivity contribution in [1.29, 1.82) is 0 Å². The SMILES string of the molecule is O=C(COC(=O)CNC(=O)NCc1ccccc1)Nc1cc(C(F)(F)F)ccc1N1CCOCC1. The number of esters is 1. The van der Waals surface area contributed by atoms with Crippen molar-refractivity contribution in [2.24, 2.45) is 0 Å². The normalized spacial score (nSPS) is 13.6. The number of anilines is 2. The van der Waals surface area contributed by atoms with Gasteiger partial charge < -0.3 is 30.3 Å². The standard InChI is InChI=1S/C23H25F3N4O5/c24-23(25,26)17-6-7-19(30-8-10-34-11-9-30)18(12-17)29-20(31)15-35-21(32)14-28-22(33)27-13-16-4-2-1-3-5-16/h1-7,12H,8-11,13-15H2,(H,29,31)(H2,27,28,33). The van der Waals surface area contributed by atoms with E-state index in [1.165, 1.54) is 6.07 Å². The maximum atomic E-state index is 13.2. The van der Waals surface area contributed by atoms with Crippen molar-refractivity contribution in [3.63, 3.8) is 0 Å². The lowest BCUT2D eigenvalue weighted by Gasteiger charge is -2.31. The average molecular weight is 494 g/mol. The number of amides is 3. The maximum absolute atomic E-state index is 13.2. The Balaban J connectivity index is 1.49. The van der Waals surface area contributed by atoms with Crippen molar-refractivity contribution >= 4 is 29.3 Å². The van der Waals surface area contributed by atoms with Crippen LogP contribution in [0.15, 0.2) is 48.5 Å². The molecular weight excluding hydrogens is 469 g/mol. The fourth-order valence-electron chi connectivity index (χ4n) is 3.27. The highest BCUT2D eigenvalue weighted by atomic mass is 19.4. The molecule has 12 heteroatoms. The number of carbonyl (C=O) groups is 3. The van der Waals surface area contributed by atoms with Crippen molar-refractivity contribution in [2.75, 3.05) is 49.7 Å². The molecule has 0 unspecified atom stereocenters. The highest BCUT2D eigenvalue weighted by Crippen LogP contribution is 2.35. The van der Waals surface area contributed by atoms with E-state index in [1.807, 2.05) is 30.3 Å². The van der Waals surface area contributed by atoms with Crippen LogP contribution in [0.1, 0.15) is 11.1 Å². The number of hydrogen-bond donors (Lipinski definition) is 3. The summed E-state index contributed by atoms with van der Waals surface area (Å²) in [6, 6.07) is 11.6. The molecule has 0 radical (unpaired) electrons. The molecule has 1 aliphatic heterocycles. The van der Waals surface area contributed by atoms with E-state index in [-0.39, 0.29) is 12.2 Å². The van der Waals surface area contributed by atoms with E-state index in [0.717, 1.165) is 17.7 Å². The van der Waals surface area contributed by atoms with Gasteiger partial charge in [0.15, 0.2) is 6.61 Å². The van der Waals surface area contributed by atoms with Crippen LogP contribution in [0.25, 0.3) is 0 Å². The van der Waals surface area contributed by atoms with Gasteiger partial charge in [-0.2, -0.15) is 13.2 Å². The van der Waals surface area contributed by atoms with Gasteiger partial charge in [-0.25, -0.2) is 4.79 Å². The number of ether oxygens (including phenoxy) is 2. The van der Waals surface area contributed by atoms with Gasteiger partial charge in [0, 0.05) is 19.6 Å². The molecule has 1 heterocycles. The number of benzene rings is 2. The lowest BCUT2D eigenvalue weighted by Crippen LogP contribution is -2.39. The highest BCUT2D eigenvalue weighted by molar-refractivity contribution is 5.96. The molecule has 0 aromatic heterocycles. The molecule has 35 heavy (non-hydrogen) atoms. The molecule has 2 aromatic carbocycles. The summed E-state index contributed by atoms with van der Waals surface area (Å²) in [5.74, 6) is -1.70. The Hall–Kier alpha value is -3.80. The summed E-state index contributed by atoms with van der Waals surface area (Å²) in [7, 11) is 0. The first-order valence-electron chi connectivity index (χ1n) is 10.8.